The summed E-state index contributed by atoms with van der Waals surface area (Å²) in [6, 6.07) is 0. The lowest BCUT2D eigenvalue weighted by atomic mass is 10.3. The van der Waals surface area contributed by atoms with E-state index >= 15 is 0 Å². The van der Waals surface area contributed by atoms with Crippen molar-refractivity contribution in [1.29, 1.82) is 0 Å². The van der Waals surface area contributed by atoms with Crippen LogP contribution in [0.2, 0.25) is 0 Å². The molecule has 4 N–H and O–H groups in total. The first-order chi connectivity index (χ1) is 11.2. The minimum Gasteiger partial charge on any atom is -0.362 e. The Hall–Kier alpha value is -0.160. The lowest BCUT2D eigenvalue weighted by Gasteiger charge is -2.19. The molecule has 0 unspecified atom stereocenters. The van der Waals surface area contributed by atoms with E-state index in [2.05, 4.69) is 20.8 Å². The third-order valence-electron chi connectivity index (χ3n) is 3.83. The minimum absolute atomic E-state index is 0.457. The second-order valence-electron chi connectivity index (χ2n) is 5.49. The van der Waals surface area contributed by atoms with Crippen molar-refractivity contribution in [2.45, 2.75) is 40.5 Å². The van der Waals surface area contributed by atoms with Crippen molar-refractivity contribution in [2.24, 2.45) is 0 Å². The zero-order chi connectivity index (χ0) is 18.6. The van der Waals surface area contributed by atoms with Gasteiger partial charge in [0.05, 0.1) is 0 Å². The van der Waals surface area contributed by atoms with Crippen LogP contribution in [0.25, 0.3) is 0 Å². The zero-order valence-electron chi connectivity index (χ0n) is 15.2. The summed E-state index contributed by atoms with van der Waals surface area (Å²) in [7, 11) is -4.71. The summed E-state index contributed by atoms with van der Waals surface area (Å²) in [4.78, 5) is 0. The van der Waals surface area contributed by atoms with Crippen LogP contribution in [-0.2, 0) is 9.13 Å². The van der Waals surface area contributed by atoms with Crippen molar-refractivity contribution in [2.75, 3.05) is 37.7 Å². The Morgan fingerprint density at radius 1 is 0.708 bits per heavy atom. The average Bonchev–Trinajstić information content (AvgIpc) is 2.57. The van der Waals surface area contributed by atoms with Gasteiger partial charge in [0.15, 0.2) is 24.8 Å². The van der Waals surface area contributed by atoms with E-state index in [4.69, 9.17) is 24.4 Å². The summed E-state index contributed by atoms with van der Waals surface area (Å²) < 4.78 is 24.5. The second kappa shape index (κ2) is 12.2. The third kappa shape index (κ3) is 9.97. The molecule has 0 aliphatic heterocycles. The highest BCUT2D eigenvalue weighted by atomic mass is 32.1. The first kappa shape index (κ1) is 23.8. The molecule has 0 aliphatic carbocycles. The molecule has 0 fully saturated rings. The lowest BCUT2D eigenvalue weighted by Crippen LogP contribution is -2.36. The van der Waals surface area contributed by atoms with Crippen LogP contribution < -0.4 is 20.8 Å². The smallest absolute Gasteiger partial charge is 0.171 e. The van der Waals surface area contributed by atoms with E-state index < -0.39 is 14.6 Å². The van der Waals surface area contributed by atoms with Gasteiger partial charge in [-0.3, -0.25) is 0 Å². The number of hydrogen-bond acceptors (Lipinski definition) is 4. The quantitative estimate of drug-likeness (QED) is 0.233. The molecule has 142 valence electrons. The Kier molecular flexibility index (Phi) is 12.2. The number of unbranched alkanes of at least 4 members (excludes halogenated alkanes) is 1. The van der Waals surface area contributed by atoms with Gasteiger partial charge in [0, 0.05) is 37.7 Å². The SMILES string of the molecule is CCP(=O)(CC)NC(=S)NCCCCNC(=S)NP(=O)(CC)CC. The normalized spacial score (nSPS) is 11.7. The molecule has 0 atom stereocenters. The largest absolute Gasteiger partial charge is 0.362 e. The number of hydrogen-bond donors (Lipinski definition) is 4. The number of thiocarbonyl (C=S) groups is 2. The molecule has 0 rings (SSSR count). The van der Waals surface area contributed by atoms with E-state index in [1.54, 1.807) is 0 Å². The summed E-state index contributed by atoms with van der Waals surface area (Å²) in [5.41, 5.74) is 0. The molecule has 0 bridgehead atoms. The van der Waals surface area contributed by atoms with Gasteiger partial charge in [-0.15, -0.1) is 0 Å². The molecule has 0 heterocycles. The minimum atomic E-state index is -2.36. The van der Waals surface area contributed by atoms with Gasteiger partial charge in [0.25, 0.3) is 0 Å². The Balaban J connectivity index is 3.85. The lowest BCUT2D eigenvalue weighted by molar-refractivity contribution is 0.571. The average molecular weight is 415 g/mol. The summed E-state index contributed by atoms with van der Waals surface area (Å²) in [6.07, 6.45) is 4.19. The molecule has 0 saturated heterocycles. The molecule has 0 aromatic rings. The van der Waals surface area contributed by atoms with Gasteiger partial charge in [0.1, 0.15) is 0 Å². The maximum Gasteiger partial charge on any atom is 0.171 e. The van der Waals surface area contributed by atoms with Crippen molar-refractivity contribution in [3.8, 4) is 0 Å². The van der Waals surface area contributed by atoms with Crippen molar-refractivity contribution in [3.05, 3.63) is 0 Å². The van der Waals surface area contributed by atoms with Crippen molar-refractivity contribution >= 4 is 49.2 Å². The number of nitrogens with one attached hydrogen (secondary N) is 4. The fourth-order valence-corrected chi connectivity index (χ4v) is 5.49. The summed E-state index contributed by atoms with van der Waals surface area (Å²) in [5.74, 6) is 0. The van der Waals surface area contributed by atoms with Crippen LogP contribution in [0.5, 0.6) is 0 Å². The first-order valence-corrected chi connectivity index (χ1v) is 13.5. The Bertz CT molecular complexity index is 443. The van der Waals surface area contributed by atoms with E-state index in [1.807, 2.05) is 27.7 Å². The van der Waals surface area contributed by atoms with Crippen LogP contribution in [-0.4, -0.2) is 48.0 Å². The van der Waals surface area contributed by atoms with Crippen molar-refractivity contribution < 1.29 is 9.13 Å². The summed E-state index contributed by atoms with van der Waals surface area (Å²) in [6.45, 7) is 9.03. The van der Waals surface area contributed by atoms with Crippen LogP contribution in [0.1, 0.15) is 40.5 Å². The van der Waals surface area contributed by atoms with Crippen LogP contribution >= 0.6 is 39.0 Å². The Morgan fingerprint density at radius 3 is 1.25 bits per heavy atom. The van der Waals surface area contributed by atoms with E-state index in [1.165, 1.54) is 0 Å². The van der Waals surface area contributed by atoms with Gasteiger partial charge in [-0.05, 0) is 37.3 Å². The maximum absolute atomic E-state index is 12.2. The summed E-state index contributed by atoms with van der Waals surface area (Å²) in [5, 5.41) is 13.0. The van der Waals surface area contributed by atoms with Crippen LogP contribution in [0, 0.1) is 0 Å². The predicted octanol–water partition coefficient (Wildman–Crippen LogP) is 3.33. The molecule has 6 nitrogen and oxygen atoms in total. The Labute approximate surface area is 157 Å². The topological polar surface area (TPSA) is 82.3 Å². The fourth-order valence-electron chi connectivity index (χ4n) is 1.87. The van der Waals surface area contributed by atoms with Gasteiger partial charge in [-0.25, -0.2) is 0 Å². The predicted molar refractivity (Wildman–Crippen MR) is 114 cm³/mol. The second-order valence-corrected chi connectivity index (χ2v) is 12.8. The first-order valence-electron chi connectivity index (χ1n) is 8.52. The molecule has 0 amide bonds. The fraction of sp³-hybridized carbons (Fsp3) is 0.857. The molecule has 24 heavy (non-hydrogen) atoms. The van der Waals surface area contributed by atoms with Crippen LogP contribution in [0.4, 0.5) is 0 Å². The molecule has 0 saturated carbocycles. The van der Waals surface area contributed by atoms with Crippen molar-refractivity contribution in [1.82, 2.24) is 20.8 Å². The highest BCUT2D eigenvalue weighted by Crippen LogP contribution is 2.39. The maximum atomic E-state index is 12.2. The molecule has 0 spiro atoms. The van der Waals surface area contributed by atoms with E-state index in [0.717, 1.165) is 12.8 Å². The van der Waals surface area contributed by atoms with Crippen LogP contribution in [0.3, 0.4) is 0 Å². The molecular formula is C14H32N4O2P2S2. The zero-order valence-corrected chi connectivity index (χ0v) is 18.6. The molecule has 10 heteroatoms. The van der Waals surface area contributed by atoms with Gasteiger partial charge < -0.3 is 29.9 Å². The standard InChI is InChI=1S/C14H32N4O2P2S2/c1-5-21(19,6-2)17-13(23)15-11-9-10-12-16-14(24)18-22(20,7-3)8-4/h5-12H2,1-4H3,(H2,15,17,19,23)(H2,16,18,20,24). The molecule has 0 radical (unpaired) electrons. The molecular weight excluding hydrogens is 382 g/mol. The van der Waals surface area contributed by atoms with E-state index in [0.29, 0.717) is 48.0 Å². The molecule has 0 aromatic heterocycles. The van der Waals surface area contributed by atoms with Gasteiger partial charge >= 0.3 is 0 Å². The van der Waals surface area contributed by atoms with E-state index in [-0.39, 0.29) is 0 Å². The highest BCUT2D eigenvalue weighted by molar-refractivity contribution is 7.81. The van der Waals surface area contributed by atoms with Gasteiger partial charge in [0.2, 0.25) is 0 Å². The van der Waals surface area contributed by atoms with Crippen molar-refractivity contribution in [3.63, 3.8) is 0 Å². The van der Waals surface area contributed by atoms with Gasteiger partial charge in [-0.2, -0.15) is 0 Å². The summed E-state index contributed by atoms with van der Waals surface area (Å²) >= 11 is 10.3. The van der Waals surface area contributed by atoms with Crippen LogP contribution in [0.15, 0.2) is 0 Å². The third-order valence-corrected chi connectivity index (χ3v) is 9.97. The molecule has 0 aromatic carbocycles. The number of rotatable bonds is 11. The highest BCUT2D eigenvalue weighted by Gasteiger charge is 2.18. The van der Waals surface area contributed by atoms with Gasteiger partial charge in [-0.1, -0.05) is 27.7 Å². The monoisotopic (exact) mass is 414 g/mol. The van der Waals surface area contributed by atoms with E-state index in [9.17, 15) is 9.13 Å². The Morgan fingerprint density at radius 2 is 1.00 bits per heavy atom. The molecule has 0 aliphatic rings.